The van der Waals surface area contributed by atoms with Crippen LogP contribution in [0.1, 0.15) is 39.7 Å². The van der Waals surface area contributed by atoms with Gasteiger partial charge in [-0.1, -0.05) is 49.2 Å². The van der Waals surface area contributed by atoms with Crippen LogP contribution in [0.4, 0.5) is 0 Å². The molecule has 7 heteroatoms. The van der Waals surface area contributed by atoms with E-state index in [2.05, 4.69) is 3.77 Å². The number of benzene rings is 1. The van der Waals surface area contributed by atoms with Gasteiger partial charge in [0.15, 0.2) is 0 Å². The lowest BCUT2D eigenvalue weighted by Crippen LogP contribution is -2.24. The molecule has 1 aromatic carbocycles. The van der Waals surface area contributed by atoms with Crippen LogP contribution in [-0.2, 0) is 30.2 Å². The fraction of sp³-hybridized carbons (Fsp3) is 0.562. The van der Waals surface area contributed by atoms with E-state index in [1.165, 1.54) is 0 Å². The SMILES string of the molecule is CCOC(=O)CC(C)S(=NS(=O)(=O)c1ccc(C)cc1)C(C)C. The number of aryl methyl sites for hydroxylation is 1. The van der Waals surface area contributed by atoms with E-state index in [1.54, 1.807) is 31.2 Å². The second-order valence-electron chi connectivity index (χ2n) is 5.58. The summed E-state index contributed by atoms with van der Waals surface area (Å²) in [6.45, 7) is 9.64. The molecule has 2 atom stereocenters. The summed E-state index contributed by atoms with van der Waals surface area (Å²) in [5.74, 6) is -0.318. The fourth-order valence-electron chi connectivity index (χ4n) is 2.03. The van der Waals surface area contributed by atoms with Gasteiger partial charge in [0.05, 0.1) is 17.9 Å². The van der Waals surface area contributed by atoms with Gasteiger partial charge in [-0.15, -0.1) is 3.77 Å². The molecule has 1 aromatic rings. The average Bonchev–Trinajstić information content (AvgIpc) is 2.45. The van der Waals surface area contributed by atoms with Crippen molar-refractivity contribution in [1.29, 1.82) is 0 Å². The molecule has 0 radical (unpaired) electrons. The summed E-state index contributed by atoms with van der Waals surface area (Å²) in [6, 6.07) is 6.62. The Kier molecular flexibility index (Phi) is 7.41. The maximum Gasteiger partial charge on any atom is 0.306 e. The molecule has 0 fully saturated rings. The Morgan fingerprint density at radius 1 is 1.22 bits per heavy atom. The zero-order valence-electron chi connectivity index (χ0n) is 14.3. The lowest BCUT2D eigenvalue weighted by atomic mass is 10.2. The normalized spacial score (nSPS) is 14.7. The predicted octanol–water partition coefficient (Wildman–Crippen LogP) is 3.24. The number of carbonyl (C=O) groups is 1. The van der Waals surface area contributed by atoms with E-state index in [9.17, 15) is 13.2 Å². The zero-order valence-corrected chi connectivity index (χ0v) is 15.9. The average molecular weight is 360 g/mol. The number of nitrogens with zero attached hydrogens (tertiary/aromatic N) is 1. The first kappa shape index (κ1) is 19.8. The van der Waals surface area contributed by atoms with Gasteiger partial charge in [-0.2, -0.15) is 8.42 Å². The van der Waals surface area contributed by atoms with Gasteiger partial charge in [0, 0.05) is 10.5 Å². The lowest BCUT2D eigenvalue weighted by Gasteiger charge is -2.18. The Labute approximate surface area is 141 Å². The number of esters is 1. The van der Waals surface area contributed by atoms with Crippen molar-refractivity contribution in [3.8, 4) is 0 Å². The van der Waals surface area contributed by atoms with Crippen molar-refractivity contribution in [3.63, 3.8) is 0 Å². The van der Waals surface area contributed by atoms with Crippen molar-refractivity contribution in [3.05, 3.63) is 29.8 Å². The van der Waals surface area contributed by atoms with E-state index in [0.717, 1.165) is 5.56 Å². The standard InChI is InChI=1S/C16H25NO4S2/c1-6-21-16(18)11-14(5)22(12(2)3)17-23(19,20)15-9-7-13(4)8-10-15/h7-10,12,14H,6,11H2,1-5H3. The van der Waals surface area contributed by atoms with Crippen LogP contribution in [-0.4, -0.2) is 31.5 Å². The van der Waals surface area contributed by atoms with Crippen LogP contribution >= 0.6 is 0 Å². The maximum atomic E-state index is 12.5. The van der Waals surface area contributed by atoms with Gasteiger partial charge in [0.1, 0.15) is 0 Å². The van der Waals surface area contributed by atoms with Gasteiger partial charge in [-0.25, -0.2) is 0 Å². The minimum absolute atomic E-state index is 0.0275. The Balaban J connectivity index is 3.10. The summed E-state index contributed by atoms with van der Waals surface area (Å²) in [5.41, 5.74) is 0.988. The van der Waals surface area contributed by atoms with Crippen LogP contribution in [0.25, 0.3) is 0 Å². The highest BCUT2D eigenvalue weighted by Gasteiger charge is 2.21. The van der Waals surface area contributed by atoms with Crippen molar-refractivity contribution in [1.82, 2.24) is 0 Å². The molecule has 1 rings (SSSR count). The first-order chi connectivity index (χ1) is 10.7. The van der Waals surface area contributed by atoms with Crippen LogP contribution in [0.15, 0.2) is 32.9 Å². The Morgan fingerprint density at radius 2 is 1.78 bits per heavy atom. The van der Waals surface area contributed by atoms with Crippen LogP contribution in [0.2, 0.25) is 0 Å². The first-order valence-corrected chi connectivity index (χ1v) is 10.3. The van der Waals surface area contributed by atoms with E-state index >= 15 is 0 Å². The summed E-state index contributed by atoms with van der Waals surface area (Å²) >= 11 is 0. The molecule has 0 bridgehead atoms. The quantitative estimate of drug-likeness (QED) is 0.701. The summed E-state index contributed by atoms with van der Waals surface area (Å²) in [7, 11) is -4.51. The molecule has 0 saturated carbocycles. The minimum atomic E-state index is -3.73. The van der Waals surface area contributed by atoms with Crippen molar-refractivity contribution >= 4 is 26.7 Å². The highest BCUT2D eigenvalue weighted by molar-refractivity contribution is 8.00. The fourth-order valence-corrected chi connectivity index (χ4v) is 6.27. The molecule has 0 amide bonds. The molecular weight excluding hydrogens is 334 g/mol. The van der Waals surface area contributed by atoms with Gasteiger partial charge in [0.25, 0.3) is 10.0 Å². The van der Waals surface area contributed by atoms with Crippen LogP contribution in [0.3, 0.4) is 0 Å². The summed E-state index contributed by atoms with van der Waals surface area (Å²) in [5, 5.41) is -0.158. The molecular formula is C16H25NO4S2. The molecule has 0 aliphatic heterocycles. The second kappa shape index (κ2) is 8.59. The second-order valence-corrected chi connectivity index (χ2v) is 10.0. The predicted molar refractivity (Wildman–Crippen MR) is 94.0 cm³/mol. The molecule has 5 nitrogen and oxygen atoms in total. The molecule has 2 unspecified atom stereocenters. The molecule has 0 N–H and O–H groups in total. The minimum Gasteiger partial charge on any atom is -0.466 e. The van der Waals surface area contributed by atoms with E-state index in [4.69, 9.17) is 4.74 Å². The number of rotatable bonds is 7. The van der Waals surface area contributed by atoms with Crippen LogP contribution in [0, 0.1) is 6.92 Å². The largest absolute Gasteiger partial charge is 0.466 e. The highest BCUT2D eigenvalue weighted by atomic mass is 32.3. The molecule has 0 spiro atoms. The van der Waals surface area contributed by atoms with E-state index in [1.807, 2.05) is 27.7 Å². The highest BCUT2D eigenvalue weighted by Crippen LogP contribution is 2.19. The Morgan fingerprint density at radius 3 is 2.26 bits per heavy atom. The van der Waals surface area contributed by atoms with E-state index < -0.39 is 20.7 Å². The molecule has 0 aliphatic carbocycles. The summed E-state index contributed by atoms with van der Waals surface area (Å²) in [6.07, 6.45) is 0.169. The molecule has 0 heterocycles. The van der Waals surface area contributed by atoms with Gasteiger partial charge < -0.3 is 4.74 Å². The van der Waals surface area contributed by atoms with Crippen molar-refractivity contribution in [2.24, 2.45) is 3.77 Å². The van der Waals surface area contributed by atoms with Gasteiger partial charge >= 0.3 is 5.97 Å². The number of ether oxygens (including phenoxy) is 1. The third-order valence-electron chi connectivity index (χ3n) is 3.16. The number of hydrogen-bond acceptors (Lipinski definition) is 4. The number of carbonyl (C=O) groups excluding carboxylic acids is 1. The van der Waals surface area contributed by atoms with Gasteiger partial charge in [0.2, 0.25) is 0 Å². The third kappa shape index (κ3) is 6.06. The first-order valence-electron chi connectivity index (χ1n) is 7.59. The van der Waals surface area contributed by atoms with Crippen LogP contribution in [0.5, 0.6) is 0 Å². The molecule has 130 valence electrons. The van der Waals surface area contributed by atoms with Crippen molar-refractivity contribution < 1.29 is 17.9 Å². The van der Waals surface area contributed by atoms with Gasteiger partial charge in [-0.3, -0.25) is 4.79 Å². The Hall–Kier alpha value is -1.21. The van der Waals surface area contributed by atoms with E-state index in [0.29, 0.717) is 6.61 Å². The topological polar surface area (TPSA) is 72.8 Å². The summed E-state index contributed by atoms with van der Waals surface area (Å²) in [4.78, 5) is 11.8. The summed E-state index contributed by atoms with van der Waals surface area (Å²) < 4.78 is 34.1. The molecule has 0 aliphatic rings. The van der Waals surface area contributed by atoms with Crippen LogP contribution < -0.4 is 0 Å². The number of hydrogen-bond donors (Lipinski definition) is 0. The zero-order chi connectivity index (χ0) is 17.6. The monoisotopic (exact) mass is 359 g/mol. The van der Waals surface area contributed by atoms with Crippen molar-refractivity contribution in [2.75, 3.05) is 6.61 Å². The van der Waals surface area contributed by atoms with Crippen molar-refractivity contribution in [2.45, 2.75) is 56.4 Å². The molecule has 0 saturated heterocycles. The van der Waals surface area contributed by atoms with E-state index in [-0.39, 0.29) is 27.8 Å². The lowest BCUT2D eigenvalue weighted by molar-refractivity contribution is -0.142. The Bertz CT molecular complexity index is 664. The molecule has 0 aromatic heterocycles. The van der Waals surface area contributed by atoms with Gasteiger partial charge in [-0.05, 0) is 26.0 Å². The number of sulfonamides is 1. The third-order valence-corrected chi connectivity index (χ3v) is 7.46. The smallest absolute Gasteiger partial charge is 0.306 e. The molecule has 23 heavy (non-hydrogen) atoms. The maximum absolute atomic E-state index is 12.5.